The SMILES string of the molecule is CC(=O)[C@@H]1CCC2(C=CC(=O)C=C2)C1. The topological polar surface area (TPSA) is 34.1 Å². The molecule has 0 aromatic rings. The van der Waals surface area contributed by atoms with Crippen molar-refractivity contribution in [2.75, 3.05) is 0 Å². The molecule has 0 unspecified atom stereocenters. The van der Waals surface area contributed by atoms with Crippen LogP contribution in [0.1, 0.15) is 26.2 Å². The van der Waals surface area contributed by atoms with Gasteiger partial charge in [-0.15, -0.1) is 0 Å². The zero-order valence-corrected chi connectivity index (χ0v) is 8.32. The summed E-state index contributed by atoms with van der Waals surface area (Å²) in [6.45, 7) is 1.66. The van der Waals surface area contributed by atoms with Crippen LogP contribution >= 0.6 is 0 Å². The second kappa shape index (κ2) is 3.19. The normalized spacial score (nSPS) is 28.6. The lowest BCUT2D eigenvalue weighted by Crippen LogP contribution is -2.16. The average molecular weight is 190 g/mol. The maximum atomic E-state index is 11.2. The predicted molar refractivity (Wildman–Crippen MR) is 53.7 cm³/mol. The molecule has 0 heterocycles. The van der Waals surface area contributed by atoms with Gasteiger partial charge in [-0.1, -0.05) is 12.2 Å². The Morgan fingerprint density at radius 2 is 2.07 bits per heavy atom. The highest BCUT2D eigenvalue weighted by molar-refractivity contribution is 6.00. The van der Waals surface area contributed by atoms with Gasteiger partial charge in [0.15, 0.2) is 5.78 Å². The first-order valence-corrected chi connectivity index (χ1v) is 5.04. The van der Waals surface area contributed by atoms with Crippen molar-refractivity contribution >= 4 is 11.6 Å². The van der Waals surface area contributed by atoms with Crippen molar-refractivity contribution in [3.8, 4) is 0 Å². The number of carbonyl (C=O) groups excluding carboxylic acids is 2. The van der Waals surface area contributed by atoms with Gasteiger partial charge < -0.3 is 0 Å². The minimum Gasteiger partial charge on any atom is -0.300 e. The van der Waals surface area contributed by atoms with Crippen molar-refractivity contribution in [2.24, 2.45) is 11.3 Å². The molecule has 2 heteroatoms. The van der Waals surface area contributed by atoms with Crippen LogP contribution in [-0.2, 0) is 9.59 Å². The molecule has 0 aliphatic heterocycles. The highest BCUT2D eigenvalue weighted by atomic mass is 16.1. The smallest absolute Gasteiger partial charge is 0.178 e. The van der Waals surface area contributed by atoms with Gasteiger partial charge in [-0.05, 0) is 38.3 Å². The van der Waals surface area contributed by atoms with Gasteiger partial charge in [0.25, 0.3) is 0 Å². The molecule has 0 N–H and O–H groups in total. The second-order valence-electron chi connectivity index (χ2n) is 4.35. The molecule has 1 saturated carbocycles. The number of allylic oxidation sites excluding steroid dienone is 4. The first-order chi connectivity index (χ1) is 6.61. The van der Waals surface area contributed by atoms with Gasteiger partial charge in [0, 0.05) is 11.3 Å². The van der Waals surface area contributed by atoms with E-state index in [1.807, 2.05) is 12.2 Å². The summed E-state index contributed by atoms with van der Waals surface area (Å²) in [7, 11) is 0. The summed E-state index contributed by atoms with van der Waals surface area (Å²) in [5.41, 5.74) is 0.00421. The van der Waals surface area contributed by atoms with E-state index in [4.69, 9.17) is 0 Å². The number of carbonyl (C=O) groups is 2. The van der Waals surface area contributed by atoms with Crippen LogP contribution in [0, 0.1) is 11.3 Å². The van der Waals surface area contributed by atoms with E-state index >= 15 is 0 Å². The summed E-state index contributed by atoms with van der Waals surface area (Å²) in [5, 5.41) is 0. The number of hydrogen-bond donors (Lipinski definition) is 0. The minimum atomic E-state index is 0.00421. The summed E-state index contributed by atoms with van der Waals surface area (Å²) in [5.74, 6) is 0.528. The highest BCUT2D eigenvalue weighted by Crippen LogP contribution is 2.45. The molecule has 1 atom stereocenters. The van der Waals surface area contributed by atoms with E-state index in [9.17, 15) is 9.59 Å². The fraction of sp³-hybridized carbons (Fsp3) is 0.500. The molecule has 1 spiro atoms. The molecule has 0 amide bonds. The van der Waals surface area contributed by atoms with Crippen molar-refractivity contribution in [1.29, 1.82) is 0 Å². The summed E-state index contributed by atoms with van der Waals surface area (Å²) in [6, 6.07) is 0. The number of rotatable bonds is 1. The molecule has 2 aliphatic rings. The zero-order valence-electron chi connectivity index (χ0n) is 8.32. The Labute approximate surface area is 83.7 Å². The van der Waals surface area contributed by atoms with E-state index in [0.717, 1.165) is 19.3 Å². The Balaban J connectivity index is 2.14. The van der Waals surface area contributed by atoms with Crippen molar-refractivity contribution in [2.45, 2.75) is 26.2 Å². The zero-order chi connectivity index (χ0) is 10.2. The lowest BCUT2D eigenvalue weighted by molar-refractivity contribution is -0.120. The molecule has 2 aliphatic carbocycles. The summed E-state index contributed by atoms with van der Waals surface area (Å²) < 4.78 is 0. The largest absolute Gasteiger partial charge is 0.300 e. The Morgan fingerprint density at radius 3 is 2.57 bits per heavy atom. The van der Waals surface area contributed by atoms with E-state index in [2.05, 4.69) is 0 Å². The highest BCUT2D eigenvalue weighted by Gasteiger charge is 2.37. The Morgan fingerprint density at radius 1 is 1.43 bits per heavy atom. The molecule has 0 aromatic carbocycles. The standard InChI is InChI=1S/C12H14O2/c1-9(13)10-2-5-12(8-10)6-3-11(14)4-7-12/h3-4,6-7,10H,2,5,8H2,1H3/t10-/m1/s1. The van der Waals surface area contributed by atoms with Crippen molar-refractivity contribution in [1.82, 2.24) is 0 Å². The third-order valence-electron chi connectivity index (χ3n) is 3.32. The van der Waals surface area contributed by atoms with E-state index in [1.54, 1.807) is 19.1 Å². The van der Waals surface area contributed by atoms with Crippen LogP contribution in [-0.4, -0.2) is 11.6 Å². The molecule has 0 radical (unpaired) electrons. The maximum absolute atomic E-state index is 11.2. The van der Waals surface area contributed by atoms with Crippen LogP contribution in [0.15, 0.2) is 24.3 Å². The van der Waals surface area contributed by atoms with Gasteiger partial charge in [0.1, 0.15) is 5.78 Å². The summed E-state index contributed by atoms with van der Waals surface area (Å²) >= 11 is 0. The third kappa shape index (κ3) is 1.57. The maximum Gasteiger partial charge on any atom is 0.178 e. The number of Topliss-reactive ketones (excluding diaryl/α,β-unsaturated/α-hetero) is 1. The summed E-state index contributed by atoms with van der Waals surface area (Å²) in [6.07, 6.45) is 10.0. The van der Waals surface area contributed by atoms with Crippen molar-refractivity contribution < 1.29 is 9.59 Å². The van der Waals surface area contributed by atoms with Crippen LogP contribution in [0.3, 0.4) is 0 Å². The lowest BCUT2D eigenvalue weighted by Gasteiger charge is -2.22. The quantitative estimate of drug-likeness (QED) is 0.634. The van der Waals surface area contributed by atoms with Gasteiger partial charge in [-0.25, -0.2) is 0 Å². The molecule has 0 aromatic heterocycles. The van der Waals surface area contributed by atoms with Crippen LogP contribution in [0.2, 0.25) is 0 Å². The van der Waals surface area contributed by atoms with Gasteiger partial charge in [0.05, 0.1) is 0 Å². The monoisotopic (exact) mass is 190 g/mol. The predicted octanol–water partition coefficient (Wildman–Crippen LogP) is 2.06. The van der Waals surface area contributed by atoms with Crippen LogP contribution in [0.5, 0.6) is 0 Å². The third-order valence-corrected chi connectivity index (χ3v) is 3.32. The van der Waals surface area contributed by atoms with Gasteiger partial charge in [-0.2, -0.15) is 0 Å². The van der Waals surface area contributed by atoms with Gasteiger partial charge in [-0.3, -0.25) is 9.59 Å². The number of ketones is 2. The van der Waals surface area contributed by atoms with E-state index in [0.29, 0.717) is 0 Å². The van der Waals surface area contributed by atoms with Crippen LogP contribution in [0.4, 0.5) is 0 Å². The molecule has 0 bridgehead atoms. The molecule has 1 fully saturated rings. The van der Waals surface area contributed by atoms with Gasteiger partial charge >= 0.3 is 0 Å². The minimum absolute atomic E-state index is 0.00421. The van der Waals surface area contributed by atoms with E-state index < -0.39 is 0 Å². The first kappa shape index (κ1) is 9.38. The number of hydrogen-bond acceptors (Lipinski definition) is 2. The Hall–Kier alpha value is -1.18. The summed E-state index contributed by atoms with van der Waals surface area (Å²) in [4.78, 5) is 22.2. The molecule has 0 saturated heterocycles. The molecule has 2 nitrogen and oxygen atoms in total. The van der Waals surface area contributed by atoms with E-state index in [1.165, 1.54) is 0 Å². The molecule has 14 heavy (non-hydrogen) atoms. The van der Waals surface area contributed by atoms with Crippen LogP contribution in [0.25, 0.3) is 0 Å². The van der Waals surface area contributed by atoms with E-state index in [-0.39, 0.29) is 22.9 Å². The molecular weight excluding hydrogens is 176 g/mol. The van der Waals surface area contributed by atoms with Crippen molar-refractivity contribution in [3.63, 3.8) is 0 Å². The van der Waals surface area contributed by atoms with Gasteiger partial charge in [0.2, 0.25) is 0 Å². The second-order valence-corrected chi connectivity index (χ2v) is 4.35. The Kier molecular flexibility index (Phi) is 2.14. The average Bonchev–Trinajstić information content (AvgIpc) is 2.56. The first-order valence-electron chi connectivity index (χ1n) is 5.04. The lowest BCUT2D eigenvalue weighted by atomic mass is 9.81. The van der Waals surface area contributed by atoms with Crippen molar-refractivity contribution in [3.05, 3.63) is 24.3 Å². The fourth-order valence-corrected chi connectivity index (χ4v) is 2.36. The molecular formula is C12H14O2. The fourth-order valence-electron chi connectivity index (χ4n) is 2.36. The Bertz CT molecular complexity index is 320. The molecule has 2 rings (SSSR count). The molecule has 74 valence electrons. The van der Waals surface area contributed by atoms with Crippen LogP contribution < -0.4 is 0 Å².